The molecule has 1 aliphatic rings. The number of carbonyl (C=O) groups is 2. The first-order valence-electron chi connectivity index (χ1n) is 8.57. The molecule has 2 aromatic rings. The predicted octanol–water partition coefficient (Wildman–Crippen LogP) is 3.68. The topological polar surface area (TPSA) is 70.2 Å². The highest BCUT2D eigenvalue weighted by Crippen LogP contribution is 2.24. The second-order valence-corrected chi connectivity index (χ2v) is 7.45. The van der Waals surface area contributed by atoms with Gasteiger partial charge in [-0.2, -0.15) is 0 Å². The number of piperidine rings is 1. The van der Waals surface area contributed by atoms with Gasteiger partial charge in [-0.05, 0) is 49.9 Å². The molecule has 2 heterocycles. The van der Waals surface area contributed by atoms with Gasteiger partial charge in [0.1, 0.15) is 0 Å². The smallest absolute Gasteiger partial charge is 0.229 e. The molecule has 0 spiro atoms. The van der Waals surface area contributed by atoms with E-state index in [0.717, 1.165) is 24.3 Å². The van der Waals surface area contributed by atoms with Gasteiger partial charge in [-0.25, -0.2) is 0 Å². The predicted molar refractivity (Wildman–Crippen MR) is 109 cm³/mol. The molecule has 1 fully saturated rings. The van der Waals surface area contributed by atoms with Crippen molar-refractivity contribution in [3.8, 4) is 0 Å². The maximum atomic E-state index is 12.6. The van der Waals surface area contributed by atoms with Crippen LogP contribution in [0.15, 0.2) is 41.8 Å². The minimum Gasteiger partial charge on any atom is -0.324 e. The highest BCUT2D eigenvalue weighted by atomic mass is 35.5. The summed E-state index contributed by atoms with van der Waals surface area (Å²) in [6, 6.07) is 11.6. The third kappa shape index (κ3) is 5.56. The zero-order valence-corrected chi connectivity index (χ0v) is 16.3. The number of thiophene rings is 1. The average molecular weight is 394 g/mol. The van der Waals surface area contributed by atoms with E-state index < -0.39 is 0 Å². The van der Waals surface area contributed by atoms with Crippen molar-refractivity contribution in [1.82, 2.24) is 5.32 Å². The van der Waals surface area contributed by atoms with Crippen LogP contribution in [0, 0.1) is 5.92 Å². The van der Waals surface area contributed by atoms with Gasteiger partial charge in [0, 0.05) is 16.8 Å². The fraction of sp³-hybridized carbons (Fsp3) is 0.368. The molecule has 0 aliphatic carbocycles. The van der Waals surface area contributed by atoms with Gasteiger partial charge < -0.3 is 16.0 Å². The molecule has 0 bridgehead atoms. The Labute approximate surface area is 164 Å². The summed E-state index contributed by atoms with van der Waals surface area (Å²) in [7, 11) is 0. The zero-order valence-electron chi connectivity index (χ0n) is 14.7. The molecule has 3 rings (SSSR count). The Morgan fingerprint density at radius 2 is 1.88 bits per heavy atom. The number of para-hydroxylation sites is 2. The van der Waals surface area contributed by atoms with Gasteiger partial charge in [0.05, 0.1) is 17.8 Å². The minimum atomic E-state index is -0.0837. The normalized spacial score (nSPS) is 19.3. The van der Waals surface area contributed by atoms with Gasteiger partial charge in [-0.1, -0.05) is 18.2 Å². The van der Waals surface area contributed by atoms with Crippen molar-refractivity contribution in [3.05, 3.63) is 46.7 Å². The monoisotopic (exact) mass is 393 g/mol. The summed E-state index contributed by atoms with van der Waals surface area (Å²) in [6.07, 6.45) is 2.01. The lowest BCUT2D eigenvalue weighted by atomic mass is 9.92. The van der Waals surface area contributed by atoms with E-state index in [1.807, 2.05) is 41.8 Å². The Bertz CT molecular complexity index is 736. The molecule has 0 radical (unpaired) electrons. The molecule has 1 aliphatic heterocycles. The lowest BCUT2D eigenvalue weighted by molar-refractivity contribution is -0.121. The first kappa shape index (κ1) is 20.4. The molecular formula is C19H24ClN3O2S. The molecule has 0 unspecified atom stereocenters. The lowest BCUT2D eigenvalue weighted by Crippen LogP contribution is -2.40. The lowest BCUT2D eigenvalue weighted by Gasteiger charge is -2.27. The van der Waals surface area contributed by atoms with E-state index in [0.29, 0.717) is 23.8 Å². The van der Waals surface area contributed by atoms with Crippen molar-refractivity contribution in [2.24, 2.45) is 5.92 Å². The van der Waals surface area contributed by atoms with Crippen LogP contribution in [0.1, 0.15) is 24.6 Å². The summed E-state index contributed by atoms with van der Waals surface area (Å²) in [4.78, 5) is 25.8. The SMILES string of the molecule is C[C@H]1C[C@@H](C(=O)Nc2ccccc2NC(=O)Cc2cccs2)CCN1.Cl. The molecule has 7 heteroatoms. The minimum absolute atomic E-state index is 0. The van der Waals surface area contributed by atoms with Crippen LogP contribution in [0.3, 0.4) is 0 Å². The first-order valence-corrected chi connectivity index (χ1v) is 9.45. The molecule has 1 aromatic heterocycles. The van der Waals surface area contributed by atoms with Crippen LogP contribution in [0.5, 0.6) is 0 Å². The Kier molecular flexibility index (Phi) is 7.63. The Balaban J connectivity index is 0.00000243. The number of hydrogen-bond donors (Lipinski definition) is 3. The summed E-state index contributed by atoms with van der Waals surface area (Å²) in [5.41, 5.74) is 1.29. The fourth-order valence-electron chi connectivity index (χ4n) is 3.07. The van der Waals surface area contributed by atoms with E-state index in [1.54, 1.807) is 11.3 Å². The van der Waals surface area contributed by atoms with Crippen LogP contribution in [-0.2, 0) is 16.0 Å². The van der Waals surface area contributed by atoms with Crippen molar-refractivity contribution in [1.29, 1.82) is 0 Å². The molecule has 5 nitrogen and oxygen atoms in total. The maximum absolute atomic E-state index is 12.6. The van der Waals surface area contributed by atoms with Crippen molar-refractivity contribution < 1.29 is 9.59 Å². The van der Waals surface area contributed by atoms with Gasteiger partial charge >= 0.3 is 0 Å². The van der Waals surface area contributed by atoms with Crippen molar-refractivity contribution in [2.45, 2.75) is 32.2 Å². The summed E-state index contributed by atoms with van der Waals surface area (Å²) in [5, 5.41) is 11.2. The van der Waals surface area contributed by atoms with E-state index >= 15 is 0 Å². The second kappa shape index (κ2) is 9.71. The maximum Gasteiger partial charge on any atom is 0.229 e. The standard InChI is InChI=1S/C19H23N3O2S.ClH/c1-13-11-14(8-9-20-13)19(24)22-17-7-3-2-6-16(17)21-18(23)12-15-5-4-10-25-15;/h2-7,10,13-14,20H,8-9,11-12H2,1H3,(H,21,23)(H,22,24);1H/t13-,14-;/m0./s1. The molecule has 140 valence electrons. The number of halogens is 1. The quantitative estimate of drug-likeness (QED) is 0.725. The number of amides is 2. The van der Waals surface area contributed by atoms with E-state index in [1.165, 1.54) is 0 Å². The molecule has 1 saturated heterocycles. The number of anilines is 2. The summed E-state index contributed by atoms with van der Waals surface area (Å²) < 4.78 is 0. The average Bonchev–Trinajstić information content (AvgIpc) is 3.09. The summed E-state index contributed by atoms with van der Waals surface area (Å²) >= 11 is 1.56. The van der Waals surface area contributed by atoms with Crippen LogP contribution in [0.2, 0.25) is 0 Å². The fourth-order valence-corrected chi connectivity index (χ4v) is 3.78. The Morgan fingerprint density at radius 1 is 1.15 bits per heavy atom. The number of benzene rings is 1. The van der Waals surface area contributed by atoms with Gasteiger partial charge in [0.2, 0.25) is 11.8 Å². The van der Waals surface area contributed by atoms with Crippen LogP contribution >= 0.6 is 23.7 Å². The Hall–Kier alpha value is -1.89. The van der Waals surface area contributed by atoms with E-state index in [4.69, 9.17) is 0 Å². The first-order chi connectivity index (χ1) is 12.1. The molecule has 3 N–H and O–H groups in total. The van der Waals surface area contributed by atoms with E-state index in [2.05, 4.69) is 22.9 Å². The van der Waals surface area contributed by atoms with Crippen LogP contribution in [-0.4, -0.2) is 24.4 Å². The molecule has 1 aromatic carbocycles. The zero-order chi connectivity index (χ0) is 17.6. The van der Waals surface area contributed by atoms with E-state index in [9.17, 15) is 9.59 Å². The number of nitrogens with one attached hydrogen (secondary N) is 3. The molecule has 2 atom stereocenters. The second-order valence-electron chi connectivity index (χ2n) is 6.42. The van der Waals surface area contributed by atoms with Crippen LogP contribution in [0.4, 0.5) is 11.4 Å². The third-order valence-corrected chi connectivity index (χ3v) is 5.24. The third-order valence-electron chi connectivity index (χ3n) is 4.37. The Morgan fingerprint density at radius 3 is 2.54 bits per heavy atom. The molecule has 0 saturated carbocycles. The number of carbonyl (C=O) groups excluding carboxylic acids is 2. The van der Waals surface area contributed by atoms with Crippen molar-refractivity contribution in [3.63, 3.8) is 0 Å². The van der Waals surface area contributed by atoms with Gasteiger partial charge in [-0.15, -0.1) is 23.7 Å². The number of hydrogen-bond acceptors (Lipinski definition) is 4. The molecule has 26 heavy (non-hydrogen) atoms. The van der Waals surface area contributed by atoms with Crippen molar-refractivity contribution >= 4 is 46.9 Å². The van der Waals surface area contributed by atoms with Gasteiger partial charge in [0.25, 0.3) is 0 Å². The summed E-state index contributed by atoms with van der Waals surface area (Å²) in [5.74, 6) is -0.0564. The number of rotatable bonds is 5. The van der Waals surface area contributed by atoms with Gasteiger partial charge in [-0.3, -0.25) is 9.59 Å². The molecule has 2 amide bonds. The van der Waals surface area contributed by atoms with Gasteiger partial charge in [0.15, 0.2) is 0 Å². The molecular weight excluding hydrogens is 370 g/mol. The highest BCUT2D eigenvalue weighted by Gasteiger charge is 2.25. The summed E-state index contributed by atoms with van der Waals surface area (Å²) in [6.45, 7) is 2.95. The van der Waals surface area contributed by atoms with Crippen LogP contribution in [0.25, 0.3) is 0 Å². The largest absolute Gasteiger partial charge is 0.324 e. The van der Waals surface area contributed by atoms with Crippen LogP contribution < -0.4 is 16.0 Å². The highest BCUT2D eigenvalue weighted by molar-refractivity contribution is 7.10. The van der Waals surface area contributed by atoms with Crippen molar-refractivity contribution in [2.75, 3.05) is 17.2 Å². The van der Waals surface area contributed by atoms with E-state index in [-0.39, 0.29) is 30.1 Å².